The van der Waals surface area contributed by atoms with Gasteiger partial charge in [-0.05, 0) is 50.6 Å². The third-order valence-corrected chi connectivity index (χ3v) is 8.14. The molecule has 1 saturated carbocycles. The Morgan fingerprint density at radius 1 is 1.33 bits per heavy atom. The summed E-state index contributed by atoms with van der Waals surface area (Å²) in [6.07, 6.45) is 5.58. The third-order valence-electron chi connectivity index (χ3n) is 7.73. The van der Waals surface area contributed by atoms with Crippen LogP contribution in [0.2, 0.25) is 5.02 Å². The smallest absolute Gasteiger partial charge is 0.255 e. The molecule has 1 aliphatic carbocycles. The van der Waals surface area contributed by atoms with Crippen LogP contribution in [0.1, 0.15) is 34.5 Å². The second-order valence-corrected chi connectivity index (χ2v) is 10.4. The average Bonchev–Trinajstić information content (AvgIpc) is 3.56. The number of pyridine rings is 1. The number of aromatic amines is 1. The third kappa shape index (κ3) is 4.03. The molecular weight excluding hydrogens is 478 g/mol. The van der Waals surface area contributed by atoms with Crippen LogP contribution in [0, 0.1) is 6.92 Å². The molecule has 1 atom stereocenters. The van der Waals surface area contributed by atoms with Crippen molar-refractivity contribution in [2.24, 2.45) is 0 Å². The predicted octanol–water partition coefficient (Wildman–Crippen LogP) is 4.27. The van der Waals surface area contributed by atoms with Crippen molar-refractivity contribution in [3.63, 3.8) is 0 Å². The van der Waals surface area contributed by atoms with E-state index in [-0.39, 0.29) is 17.4 Å². The number of aromatic nitrogens is 2. The lowest BCUT2D eigenvalue weighted by atomic mass is 9.93. The van der Waals surface area contributed by atoms with Crippen LogP contribution in [0.5, 0.6) is 5.75 Å². The molecule has 8 nitrogen and oxygen atoms in total. The molecule has 1 aromatic carbocycles. The Morgan fingerprint density at radius 2 is 2.19 bits per heavy atom. The number of ether oxygens (including phenoxy) is 2. The van der Waals surface area contributed by atoms with E-state index in [2.05, 4.69) is 32.5 Å². The molecule has 1 saturated heterocycles. The van der Waals surface area contributed by atoms with Gasteiger partial charge in [-0.2, -0.15) is 0 Å². The van der Waals surface area contributed by atoms with Crippen LogP contribution < -0.4 is 15.4 Å². The van der Waals surface area contributed by atoms with E-state index in [4.69, 9.17) is 21.1 Å². The van der Waals surface area contributed by atoms with Crippen LogP contribution in [0.25, 0.3) is 11.3 Å². The largest absolute Gasteiger partial charge is 0.490 e. The van der Waals surface area contributed by atoms with E-state index in [9.17, 15) is 4.79 Å². The molecule has 3 aromatic rings. The van der Waals surface area contributed by atoms with Gasteiger partial charge < -0.3 is 25.1 Å². The van der Waals surface area contributed by atoms with Crippen LogP contribution in [0.4, 0.5) is 11.4 Å². The fourth-order valence-corrected chi connectivity index (χ4v) is 5.31. The van der Waals surface area contributed by atoms with Gasteiger partial charge in [-0.25, -0.2) is 0 Å². The molecule has 0 radical (unpaired) electrons. The Morgan fingerprint density at radius 3 is 3.00 bits per heavy atom. The quantitative estimate of drug-likeness (QED) is 0.461. The number of carbonyl (C=O) groups excluding carboxylic acids is 1. The van der Waals surface area contributed by atoms with Crippen molar-refractivity contribution in [2.45, 2.75) is 31.2 Å². The summed E-state index contributed by atoms with van der Waals surface area (Å²) in [5, 5.41) is 7.32. The second kappa shape index (κ2) is 9.10. The minimum Gasteiger partial charge on any atom is -0.490 e. The van der Waals surface area contributed by atoms with E-state index in [1.54, 1.807) is 12.4 Å². The molecule has 4 heterocycles. The fraction of sp³-hybridized carbons (Fsp3) is 0.407. The predicted molar refractivity (Wildman–Crippen MR) is 139 cm³/mol. The molecule has 1 spiro atoms. The number of amides is 1. The number of nitrogens with zero attached hydrogens (tertiary/aromatic N) is 2. The molecule has 1 unspecified atom stereocenters. The number of H-pyrrole nitrogens is 1. The van der Waals surface area contributed by atoms with E-state index >= 15 is 0 Å². The summed E-state index contributed by atoms with van der Waals surface area (Å²) < 4.78 is 12.0. The van der Waals surface area contributed by atoms with Gasteiger partial charge in [0.2, 0.25) is 0 Å². The van der Waals surface area contributed by atoms with E-state index in [0.29, 0.717) is 36.1 Å². The maximum Gasteiger partial charge on any atom is 0.255 e. The maximum atomic E-state index is 13.2. The molecule has 6 rings (SSSR count). The minimum absolute atomic E-state index is 0.0303. The summed E-state index contributed by atoms with van der Waals surface area (Å²) in [6.45, 7) is 5.35. The molecule has 3 N–H and O–H groups in total. The number of anilines is 2. The Hall–Kier alpha value is -3.07. The highest BCUT2D eigenvalue weighted by atomic mass is 35.5. The standard InChI is InChI=1S/C27H30ClN5O3/c1-16-19(28)4-3-5-20(16)31-24-22-25(27(7-8-27)15-30-26(22)34)32-23(24)18-6-9-29-12-21(18)36-14-17-13-35-11-10-33(17)2/h3-6,9,12,17,31-32H,7-8,10-11,13-15H2,1-2H3,(H,30,34). The van der Waals surface area contributed by atoms with Crippen LogP contribution in [-0.4, -0.2) is 66.8 Å². The molecule has 0 bridgehead atoms. The molecule has 2 aromatic heterocycles. The fourth-order valence-electron chi connectivity index (χ4n) is 5.13. The van der Waals surface area contributed by atoms with E-state index < -0.39 is 0 Å². The lowest BCUT2D eigenvalue weighted by molar-refractivity contribution is -0.0107. The normalized spacial score (nSPS) is 20.6. The highest BCUT2D eigenvalue weighted by Gasteiger charge is 2.51. The molecule has 9 heteroatoms. The van der Waals surface area contributed by atoms with Gasteiger partial charge in [-0.1, -0.05) is 17.7 Å². The number of morpholine rings is 1. The van der Waals surface area contributed by atoms with Gasteiger partial charge in [0.25, 0.3) is 5.91 Å². The van der Waals surface area contributed by atoms with Gasteiger partial charge in [0.15, 0.2) is 0 Å². The number of likely N-dealkylation sites (N-methyl/N-ethyl adjacent to an activating group) is 1. The van der Waals surface area contributed by atoms with Crippen molar-refractivity contribution >= 4 is 28.9 Å². The molecule has 3 aliphatic rings. The molecule has 36 heavy (non-hydrogen) atoms. The average molecular weight is 508 g/mol. The van der Waals surface area contributed by atoms with Crippen LogP contribution in [0.3, 0.4) is 0 Å². The Labute approximate surface area is 215 Å². The van der Waals surface area contributed by atoms with Crippen molar-refractivity contribution in [1.82, 2.24) is 20.2 Å². The molecule has 2 aliphatic heterocycles. The summed E-state index contributed by atoms with van der Waals surface area (Å²) in [5.41, 5.74) is 5.79. The minimum atomic E-state index is -0.0790. The Balaban J connectivity index is 1.43. The molecule has 188 valence electrons. The zero-order valence-corrected chi connectivity index (χ0v) is 21.2. The Kier molecular flexibility index (Phi) is 5.90. The first-order valence-electron chi connectivity index (χ1n) is 12.4. The summed E-state index contributed by atoms with van der Waals surface area (Å²) in [7, 11) is 2.09. The lowest BCUT2D eigenvalue weighted by Gasteiger charge is -2.32. The maximum absolute atomic E-state index is 13.2. The van der Waals surface area contributed by atoms with E-state index in [1.165, 1.54) is 0 Å². The number of carbonyl (C=O) groups is 1. The first-order chi connectivity index (χ1) is 17.5. The number of fused-ring (bicyclic) bond motifs is 2. The number of hydrogen-bond acceptors (Lipinski definition) is 6. The van der Waals surface area contributed by atoms with Gasteiger partial charge in [0, 0.05) is 46.7 Å². The van der Waals surface area contributed by atoms with Gasteiger partial charge in [-0.3, -0.25) is 14.7 Å². The molecular formula is C27H30ClN5O3. The van der Waals surface area contributed by atoms with E-state index in [0.717, 1.165) is 59.9 Å². The zero-order valence-electron chi connectivity index (χ0n) is 20.5. The van der Waals surface area contributed by atoms with E-state index in [1.807, 2.05) is 31.2 Å². The highest BCUT2D eigenvalue weighted by Crippen LogP contribution is 2.54. The zero-order chi connectivity index (χ0) is 24.9. The summed E-state index contributed by atoms with van der Waals surface area (Å²) in [4.78, 5) is 23.4. The number of halogens is 1. The summed E-state index contributed by atoms with van der Waals surface area (Å²) in [6, 6.07) is 7.84. The van der Waals surface area contributed by atoms with Crippen molar-refractivity contribution in [3.05, 3.63) is 58.5 Å². The first-order valence-corrected chi connectivity index (χ1v) is 12.8. The van der Waals surface area contributed by atoms with Crippen molar-refractivity contribution in [2.75, 3.05) is 45.3 Å². The number of nitrogens with one attached hydrogen (secondary N) is 3. The van der Waals surface area contributed by atoms with Crippen molar-refractivity contribution < 1.29 is 14.3 Å². The van der Waals surface area contributed by atoms with Gasteiger partial charge >= 0.3 is 0 Å². The lowest BCUT2D eigenvalue weighted by Crippen LogP contribution is -2.46. The van der Waals surface area contributed by atoms with Crippen molar-refractivity contribution in [1.29, 1.82) is 0 Å². The molecule has 2 fully saturated rings. The monoisotopic (exact) mass is 507 g/mol. The number of rotatable bonds is 6. The highest BCUT2D eigenvalue weighted by molar-refractivity contribution is 6.31. The van der Waals surface area contributed by atoms with Gasteiger partial charge in [0.1, 0.15) is 12.4 Å². The topological polar surface area (TPSA) is 91.5 Å². The number of benzene rings is 1. The van der Waals surface area contributed by atoms with Crippen LogP contribution >= 0.6 is 11.6 Å². The summed E-state index contributed by atoms with van der Waals surface area (Å²) >= 11 is 6.42. The van der Waals surface area contributed by atoms with Crippen molar-refractivity contribution in [3.8, 4) is 17.0 Å². The second-order valence-electron chi connectivity index (χ2n) is 10.0. The molecule has 1 amide bonds. The van der Waals surface area contributed by atoms with Gasteiger partial charge in [0.05, 0.1) is 42.4 Å². The van der Waals surface area contributed by atoms with Crippen LogP contribution in [-0.2, 0) is 10.2 Å². The first kappa shape index (κ1) is 23.3. The summed E-state index contributed by atoms with van der Waals surface area (Å²) in [5.74, 6) is 0.580. The van der Waals surface area contributed by atoms with Gasteiger partial charge in [-0.15, -0.1) is 0 Å². The Bertz CT molecular complexity index is 1320. The number of hydrogen-bond donors (Lipinski definition) is 3. The van der Waals surface area contributed by atoms with Crippen LogP contribution in [0.15, 0.2) is 36.7 Å². The SMILES string of the molecule is Cc1c(Cl)cccc1Nc1c(-c2ccncc2OCC2COCCN2C)[nH]c2c1C(=O)NCC21CC1.